The SMILES string of the molecule is O=C(NCCCn1nc(C(F)(F)F)cc1C1CC1)c1cccc(COc2ccc(Cl)cc2)c1. The molecule has 0 unspecified atom stereocenters. The van der Waals surface area contributed by atoms with Crippen molar-refractivity contribution in [3.8, 4) is 5.75 Å². The highest BCUT2D eigenvalue weighted by Gasteiger charge is 2.37. The average molecular weight is 478 g/mol. The fourth-order valence-corrected chi connectivity index (χ4v) is 3.62. The van der Waals surface area contributed by atoms with E-state index in [4.69, 9.17) is 16.3 Å². The third-order valence-electron chi connectivity index (χ3n) is 5.34. The number of alkyl halides is 3. The van der Waals surface area contributed by atoms with Crippen LogP contribution in [-0.4, -0.2) is 22.2 Å². The summed E-state index contributed by atoms with van der Waals surface area (Å²) < 4.78 is 46.1. The lowest BCUT2D eigenvalue weighted by Crippen LogP contribution is -2.25. The van der Waals surface area contributed by atoms with Crippen molar-refractivity contribution in [2.24, 2.45) is 0 Å². The predicted molar refractivity (Wildman–Crippen MR) is 118 cm³/mol. The fourth-order valence-electron chi connectivity index (χ4n) is 3.49. The molecule has 1 aliphatic carbocycles. The molecule has 1 aliphatic rings. The van der Waals surface area contributed by atoms with Crippen LogP contribution in [0.25, 0.3) is 0 Å². The second-order valence-corrected chi connectivity index (χ2v) is 8.44. The monoisotopic (exact) mass is 477 g/mol. The third-order valence-corrected chi connectivity index (χ3v) is 5.59. The number of halogens is 4. The van der Waals surface area contributed by atoms with Crippen LogP contribution < -0.4 is 10.1 Å². The number of amides is 1. The molecule has 1 amide bonds. The summed E-state index contributed by atoms with van der Waals surface area (Å²) in [5.41, 5.74) is 1.10. The molecule has 1 heterocycles. The smallest absolute Gasteiger partial charge is 0.435 e. The average Bonchev–Trinajstić information content (AvgIpc) is 3.54. The number of rotatable bonds is 9. The van der Waals surface area contributed by atoms with E-state index < -0.39 is 11.9 Å². The van der Waals surface area contributed by atoms with Crippen LogP contribution >= 0.6 is 11.6 Å². The van der Waals surface area contributed by atoms with Crippen molar-refractivity contribution in [2.75, 3.05) is 6.54 Å². The summed E-state index contributed by atoms with van der Waals surface area (Å²) in [6.45, 7) is 0.945. The number of nitrogens with one attached hydrogen (secondary N) is 1. The Morgan fingerprint density at radius 1 is 1.15 bits per heavy atom. The Kier molecular flexibility index (Phi) is 6.93. The Balaban J connectivity index is 1.27. The van der Waals surface area contributed by atoms with Crippen molar-refractivity contribution in [1.82, 2.24) is 15.1 Å². The Morgan fingerprint density at radius 3 is 2.61 bits per heavy atom. The number of aromatic nitrogens is 2. The largest absolute Gasteiger partial charge is 0.489 e. The molecule has 1 aromatic heterocycles. The molecular weight excluding hydrogens is 455 g/mol. The first-order chi connectivity index (χ1) is 15.8. The lowest BCUT2D eigenvalue weighted by molar-refractivity contribution is -0.141. The van der Waals surface area contributed by atoms with E-state index in [1.165, 1.54) is 4.68 Å². The predicted octanol–water partition coefficient (Wildman–Crippen LogP) is 5.83. The maximum atomic E-state index is 13.0. The molecule has 0 spiro atoms. The van der Waals surface area contributed by atoms with Crippen LogP contribution in [0.3, 0.4) is 0 Å². The summed E-state index contributed by atoms with van der Waals surface area (Å²) in [5.74, 6) is 0.579. The molecule has 174 valence electrons. The molecule has 3 aromatic rings. The lowest BCUT2D eigenvalue weighted by Gasteiger charge is -2.10. The summed E-state index contributed by atoms with van der Waals surface area (Å²) in [7, 11) is 0. The van der Waals surface area contributed by atoms with E-state index in [0.717, 1.165) is 24.5 Å². The Bertz CT molecular complexity index is 1110. The minimum absolute atomic E-state index is 0.154. The normalized spacial score (nSPS) is 13.7. The van der Waals surface area contributed by atoms with Gasteiger partial charge in [-0.05, 0) is 67.3 Å². The minimum Gasteiger partial charge on any atom is -0.489 e. The zero-order chi connectivity index (χ0) is 23.4. The van der Waals surface area contributed by atoms with Gasteiger partial charge in [-0.15, -0.1) is 0 Å². The van der Waals surface area contributed by atoms with E-state index in [9.17, 15) is 18.0 Å². The highest BCUT2D eigenvalue weighted by Crippen LogP contribution is 2.42. The number of ether oxygens (including phenoxy) is 1. The second kappa shape index (κ2) is 9.87. The van der Waals surface area contributed by atoms with Gasteiger partial charge in [0.2, 0.25) is 0 Å². The van der Waals surface area contributed by atoms with Gasteiger partial charge in [0, 0.05) is 35.3 Å². The highest BCUT2D eigenvalue weighted by atomic mass is 35.5. The number of benzene rings is 2. The van der Waals surface area contributed by atoms with Crippen molar-refractivity contribution < 1.29 is 22.7 Å². The van der Waals surface area contributed by atoms with E-state index in [1.807, 2.05) is 6.07 Å². The van der Waals surface area contributed by atoms with Gasteiger partial charge < -0.3 is 10.1 Å². The standard InChI is InChI=1S/C24H23ClF3N3O2/c25-19-7-9-20(10-8-19)33-15-16-3-1-4-18(13-16)23(32)29-11-2-12-31-21(17-5-6-17)14-22(30-31)24(26,27)28/h1,3-4,7-10,13-14,17H,2,5-6,11-12,15H2,(H,29,32). The van der Waals surface area contributed by atoms with Gasteiger partial charge in [0.25, 0.3) is 5.91 Å². The fraction of sp³-hybridized carbons (Fsp3) is 0.333. The Morgan fingerprint density at radius 2 is 1.91 bits per heavy atom. The molecule has 1 saturated carbocycles. The lowest BCUT2D eigenvalue weighted by atomic mass is 10.1. The number of aryl methyl sites for hydroxylation is 1. The van der Waals surface area contributed by atoms with Gasteiger partial charge in [-0.2, -0.15) is 18.3 Å². The van der Waals surface area contributed by atoms with E-state index in [0.29, 0.717) is 48.1 Å². The first-order valence-corrected chi connectivity index (χ1v) is 11.1. The molecule has 0 saturated heterocycles. The molecule has 5 nitrogen and oxygen atoms in total. The maximum absolute atomic E-state index is 13.0. The van der Waals surface area contributed by atoms with Gasteiger partial charge in [0.05, 0.1) is 0 Å². The van der Waals surface area contributed by atoms with Crippen LogP contribution in [0.1, 0.15) is 52.5 Å². The first-order valence-electron chi connectivity index (χ1n) is 10.7. The first kappa shape index (κ1) is 23.2. The zero-order valence-electron chi connectivity index (χ0n) is 17.7. The molecule has 1 fully saturated rings. The number of carbonyl (C=O) groups is 1. The molecule has 0 bridgehead atoms. The number of hydrogen-bond acceptors (Lipinski definition) is 3. The van der Waals surface area contributed by atoms with Crippen molar-refractivity contribution >= 4 is 17.5 Å². The maximum Gasteiger partial charge on any atom is 0.435 e. The van der Waals surface area contributed by atoms with Crippen LogP contribution in [-0.2, 0) is 19.3 Å². The summed E-state index contributed by atoms with van der Waals surface area (Å²) >= 11 is 5.86. The van der Waals surface area contributed by atoms with Crippen molar-refractivity contribution in [3.63, 3.8) is 0 Å². The van der Waals surface area contributed by atoms with E-state index >= 15 is 0 Å². The molecule has 2 aromatic carbocycles. The molecule has 4 rings (SSSR count). The molecule has 0 aliphatic heterocycles. The minimum atomic E-state index is -4.45. The number of nitrogens with zero attached hydrogens (tertiary/aromatic N) is 2. The summed E-state index contributed by atoms with van der Waals surface area (Å²) in [5, 5.41) is 7.18. The van der Waals surface area contributed by atoms with Crippen LogP contribution in [0.15, 0.2) is 54.6 Å². The number of carbonyl (C=O) groups excluding carboxylic acids is 1. The molecule has 1 N–H and O–H groups in total. The molecular formula is C24H23ClF3N3O2. The van der Waals surface area contributed by atoms with Crippen LogP contribution in [0.4, 0.5) is 13.2 Å². The van der Waals surface area contributed by atoms with Crippen molar-refractivity contribution in [3.05, 3.63) is 82.1 Å². The van der Waals surface area contributed by atoms with E-state index in [1.54, 1.807) is 42.5 Å². The summed E-state index contributed by atoms with van der Waals surface area (Å²) in [6, 6.07) is 15.3. The summed E-state index contributed by atoms with van der Waals surface area (Å²) in [6.07, 6.45) is -2.20. The Labute approximate surface area is 194 Å². The third kappa shape index (κ3) is 6.28. The van der Waals surface area contributed by atoms with Gasteiger partial charge in [0.1, 0.15) is 12.4 Å². The van der Waals surface area contributed by atoms with Crippen molar-refractivity contribution in [1.29, 1.82) is 0 Å². The molecule has 9 heteroatoms. The van der Waals surface area contributed by atoms with Crippen LogP contribution in [0.2, 0.25) is 5.02 Å². The Hall–Kier alpha value is -3.00. The van der Waals surface area contributed by atoms with Crippen LogP contribution in [0.5, 0.6) is 5.75 Å². The molecule has 0 radical (unpaired) electrons. The van der Waals surface area contributed by atoms with Gasteiger partial charge in [-0.3, -0.25) is 9.48 Å². The summed E-state index contributed by atoms with van der Waals surface area (Å²) in [4.78, 5) is 12.5. The van der Waals surface area contributed by atoms with E-state index in [-0.39, 0.29) is 11.8 Å². The van der Waals surface area contributed by atoms with Gasteiger partial charge in [-0.25, -0.2) is 0 Å². The van der Waals surface area contributed by atoms with E-state index in [2.05, 4.69) is 10.4 Å². The number of hydrogen-bond donors (Lipinski definition) is 1. The van der Waals surface area contributed by atoms with Gasteiger partial charge in [-0.1, -0.05) is 23.7 Å². The quantitative estimate of drug-likeness (QED) is 0.394. The molecule has 0 atom stereocenters. The second-order valence-electron chi connectivity index (χ2n) is 8.00. The van der Waals surface area contributed by atoms with Crippen molar-refractivity contribution in [2.45, 2.75) is 44.5 Å². The molecule has 33 heavy (non-hydrogen) atoms. The van der Waals surface area contributed by atoms with Crippen LogP contribution in [0, 0.1) is 0 Å². The zero-order valence-corrected chi connectivity index (χ0v) is 18.5. The topological polar surface area (TPSA) is 56.2 Å². The van der Waals surface area contributed by atoms with Gasteiger partial charge in [0.15, 0.2) is 5.69 Å². The van der Waals surface area contributed by atoms with Gasteiger partial charge >= 0.3 is 6.18 Å². The highest BCUT2D eigenvalue weighted by molar-refractivity contribution is 6.30.